The second kappa shape index (κ2) is 9.71. The molecule has 190 valence electrons. The third-order valence-corrected chi connectivity index (χ3v) is 6.50. The van der Waals surface area contributed by atoms with Gasteiger partial charge in [0, 0.05) is 37.2 Å². The van der Waals surface area contributed by atoms with Gasteiger partial charge in [-0.15, -0.1) is 0 Å². The Balaban J connectivity index is 1.32. The van der Waals surface area contributed by atoms with Crippen LogP contribution in [0.4, 0.5) is 4.39 Å². The van der Waals surface area contributed by atoms with Gasteiger partial charge < -0.3 is 19.3 Å². The Morgan fingerprint density at radius 2 is 1.86 bits per heavy atom. The van der Waals surface area contributed by atoms with Gasteiger partial charge in [-0.25, -0.2) is 23.8 Å². The average Bonchev–Trinajstić information content (AvgIpc) is 3.50. The quantitative estimate of drug-likeness (QED) is 0.332. The maximum atomic E-state index is 14.2. The Kier molecular flexibility index (Phi) is 6.10. The first-order chi connectivity index (χ1) is 18.1. The molecule has 4 aromatic rings. The lowest BCUT2D eigenvalue weighted by Gasteiger charge is -2.26. The van der Waals surface area contributed by atoms with E-state index in [4.69, 9.17) is 18.8 Å². The predicted molar refractivity (Wildman–Crippen MR) is 126 cm³/mol. The van der Waals surface area contributed by atoms with Gasteiger partial charge >= 0.3 is 5.97 Å². The predicted octanol–water partition coefficient (Wildman–Crippen LogP) is 2.71. The molecular weight excluding hydrogens is 485 g/mol. The third kappa shape index (κ3) is 4.45. The molecule has 1 aliphatic carbocycles. The highest BCUT2D eigenvalue weighted by Crippen LogP contribution is 2.41. The number of carboxylic acids is 1. The van der Waals surface area contributed by atoms with Crippen molar-refractivity contribution < 1.29 is 33.1 Å². The maximum absolute atomic E-state index is 14.2. The number of carbonyl (C=O) groups is 1. The first-order valence-electron chi connectivity index (χ1n) is 11.8. The summed E-state index contributed by atoms with van der Waals surface area (Å²) in [6, 6.07) is 7.67. The molecule has 37 heavy (non-hydrogen) atoms. The lowest BCUT2D eigenvalue weighted by atomic mass is 10.0. The van der Waals surface area contributed by atoms with E-state index < -0.39 is 17.3 Å². The van der Waals surface area contributed by atoms with Crippen molar-refractivity contribution in [2.24, 2.45) is 0 Å². The van der Waals surface area contributed by atoms with Crippen LogP contribution < -0.4 is 9.47 Å². The van der Waals surface area contributed by atoms with Crippen molar-refractivity contribution in [3.05, 3.63) is 58.5 Å². The van der Waals surface area contributed by atoms with Crippen LogP contribution in [0.25, 0.3) is 22.6 Å². The minimum Gasteiger partial charge on any atom is -0.492 e. The zero-order chi connectivity index (χ0) is 25.4. The molecule has 11 nitrogen and oxygen atoms in total. The van der Waals surface area contributed by atoms with Crippen LogP contribution in [0.3, 0.4) is 0 Å². The van der Waals surface area contributed by atoms with E-state index in [0.717, 1.165) is 36.8 Å². The van der Waals surface area contributed by atoms with E-state index in [2.05, 4.69) is 25.2 Å². The SMILES string of the molecule is O=C(O)c1c(F)cccc1OCc1c(OCCN2CCOCC2)ccc2c1Cc1nc3nonc3nc1-2. The van der Waals surface area contributed by atoms with Crippen molar-refractivity contribution >= 4 is 17.3 Å². The summed E-state index contributed by atoms with van der Waals surface area (Å²) in [6.45, 7) is 4.22. The Morgan fingerprint density at radius 1 is 1.05 bits per heavy atom. The molecule has 0 saturated carbocycles. The number of aromatic carboxylic acids is 1. The number of hydrogen-bond donors (Lipinski definition) is 1. The number of rotatable bonds is 8. The summed E-state index contributed by atoms with van der Waals surface area (Å²) in [7, 11) is 0. The Labute approximate surface area is 209 Å². The molecule has 2 aromatic heterocycles. The topological polar surface area (TPSA) is 133 Å². The van der Waals surface area contributed by atoms with E-state index in [1.807, 2.05) is 12.1 Å². The molecule has 1 saturated heterocycles. The van der Waals surface area contributed by atoms with Crippen molar-refractivity contribution in [1.29, 1.82) is 0 Å². The molecule has 0 bridgehead atoms. The summed E-state index contributed by atoms with van der Waals surface area (Å²) >= 11 is 0. The molecule has 1 fully saturated rings. The largest absolute Gasteiger partial charge is 0.492 e. The van der Waals surface area contributed by atoms with Gasteiger partial charge in [0.2, 0.25) is 11.3 Å². The number of halogens is 1. The van der Waals surface area contributed by atoms with E-state index in [-0.39, 0.29) is 12.4 Å². The number of ether oxygens (including phenoxy) is 3. The summed E-state index contributed by atoms with van der Waals surface area (Å²) in [6.07, 6.45) is 0.439. The number of hydrogen-bond acceptors (Lipinski definition) is 10. The van der Waals surface area contributed by atoms with Gasteiger partial charge in [-0.2, -0.15) is 0 Å². The minimum absolute atomic E-state index is 0.0364. The van der Waals surface area contributed by atoms with Crippen molar-refractivity contribution in [3.63, 3.8) is 0 Å². The molecule has 12 heteroatoms. The van der Waals surface area contributed by atoms with Crippen LogP contribution in [0.1, 0.15) is 27.2 Å². The lowest BCUT2D eigenvalue weighted by molar-refractivity contribution is 0.0321. The van der Waals surface area contributed by atoms with E-state index in [0.29, 0.717) is 60.2 Å². The smallest absolute Gasteiger partial charge is 0.342 e. The lowest BCUT2D eigenvalue weighted by Crippen LogP contribution is -2.38. The highest BCUT2D eigenvalue weighted by atomic mass is 19.1. The fraction of sp³-hybridized carbons (Fsp3) is 0.320. The van der Waals surface area contributed by atoms with E-state index in [1.165, 1.54) is 12.1 Å². The van der Waals surface area contributed by atoms with Gasteiger partial charge in [0.1, 0.15) is 36.1 Å². The molecule has 0 spiro atoms. The molecular formula is C25H22FN5O6. The van der Waals surface area contributed by atoms with E-state index >= 15 is 0 Å². The molecule has 0 unspecified atom stereocenters. The molecule has 0 atom stereocenters. The normalized spacial score (nSPS) is 14.9. The van der Waals surface area contributed by atoms with Gasteiger partial charge in [-0.3, -0.25) is 4.90 Å². The van der Waals surface area contributed by atoms with Gasteiger partial charge in [-0.1, -0.05) is 6.07 Å². The van der Waals surface area contributed by atoms with Crippen LogP contribution in [0.2, 0.25) is 0 Å². The first-order valence-corrected chi connectivity index (χ1v) is 11.8. The molecule has 2 aromatic carbocycles. The number of fused-ring (bicyclic) bond motifs is 4. The molecule has 0 radical (unpaired) electrons. The Morgan fingerprint density at radius 3 is 2.68 bits per heavy atom. The fourth-order valence-electron chi connectivity index (χ4n) is 4.66. The second-order valence-corrected chi connectivity index (χ2v) is 8.68. The van der Waals surface area contributed by atoms with Gasteiger partial charge in [0.05, 0.1) is 24.6 Å². The zero-order valence-corrected chi connectivity index (χ0v) is 19.6. The van der Waals surface area contributed by atoms with Crippen LogP contribution in [-0.2, 0) is 17.8 Å². The minimum atomic E-state index is -1.40. The van der Waals surface area contributed by atoms with Crippen LogP contribution in [-0.4, -0.2) is 75.7 Å². The summed E-state index contributed by atoms with van der Waals surface area (Å²) in [5.74, 6) is -1.74. The van der Waals surface area contributed by atoms with Gasteiger partial charge in [-0.05, 0) is 40.1 Å². The Hall–Kier alpha value is -4.16. The number of aromatic nitrogens is 4. The van der Waals surface area contributed by atoms with Crippen molar-refractivity contribution in [2.45, 2.75) is 13.0 Å². The highest BCUT2D eigenvalue weighted by Gasteiger charge is 2.28. The summed E-state index contributed by atoms with van der Waals surface area (Å²) in [4.78, 5) is 23.0. The van der Waals surface area contributed by atoms with Crippen LogP contribution in [0.5, 0.6) is 11.5 Å². The molecule has 0 amide bonds. The number of morpholine rings is 1. The zero-order valence-electron chi connectivity index (χ0n) is 19.6. The van der Waals surface area contributed by atoms with Crippen LogP contribution >= 0.6 is 0 Å². The monoisotopic (exact) mass is 507 g/mol. The molecule has 2 aliphatic rings. The van der Waals surface area contributed by atoms with E-state index in [1.54, 1.807) is 0 Å². The number of benzene rings is 2. The van der Waals surface area contributed by atoms with Crippen molar-refractivity contribution in [1.82, 2.24) is 25.2 Å². The molecule has 3 heterocycles. The highest BCUT2D eigenvalue weighted by molar-refractivity contribution is 5.91. The molecule has 1 aliphatic heterocycles. The summed E-state index contributed by atoms with van der Waals surface area (Å²) in [5.41, 5.74) is 3.92. The summed E-state index contributed by atoms with van der Waals surface area (Å²) in [5, 5.41) is 17.1. The second-order valence-electron chi connectivity index (χ2n) is 8.68. The molecule has 6 rings (SSSR count). The molecule has 1 N–H and O–H groups in total. The van der Waals surface area contributed by atoms with Crippen LogP contribution in [0.15, 0.2) is 35.0 Å². The summed E-state index contributed by atoms with van der Waals surface area (Å²) < 4.78 is 36.4. The average molecular weight is 507 g/mol. The standard InChI is InChI=1S/C25H22FN5O6/c26-17-2-1-3-20(21(17)25(32)33)36-13-16-15-12-18-22(28-24-23(27-18)29-37-30-24)14(15)4-5-19(16)35-11-8-31-6-9-34-10-7-31/h1-5H,6-13H2,(H,32,33). The van der Waals surface area contributed by atoms with Crippen LogP contribution in [0, 0.1) is 5.82 Å². The fourth-order valence-corrected chi connectivity index (χ4v) is 4.66. The Bertz CT molecular complexity index is 1490. The van der Waals surface area contributed by atoms with E-state index in [9.17, 15) is 14.3 Å². The number of carboxylic acid groups (broad SMARTS) is 1. The van der Waals surface area contributed by atoms with Gasteiger partial charge in [0.15, 0.2) is 0 Å². The first kappa shape index (κ1) is 23.3. The third-order valence-electron chi connectivity index (χ3n) is 6.50. The van der Waals surface area contributed by atoms with Crippen molar-refractivity contribution in [3.8, 4) is 22.8 Å². The van der Waals surface area contributed by atoms with Crippen molar-refractivity contribution in [2.75, 3.05) is 39.5 Å². The van der Waals surface area contributed by atoms with Gasteiger partial charge in [0.25, 0.3) is 0 Å². The number of nitrogens with zero attached hydrogens (tertiary/aromatic N) is 5. The maximum Gasteiger partial charge on any atom is 0.342 e.